The molecule has 0 unspecified atom stereocenters. The normalized spacial score (nSPS) is 11.2. The first-order chi connectivity index (χ1) is 16.6. The van der Waals surface area contributed by atoms with Gasteiger partial charge in [0.25, 0.3) is 5.56 Å². The fourth-order valence-electron chi connectivity index (χ4n) is 3.67. The highest BCUT2D eigenvalue weighted by Gasteiger charge is 2.18. The maximum atomic E-state index is 13.5. The van der Waals surface area contributed by atoms with Crippen LogP contribution in [-0.4, -0.2) is 32.7 Å². The van der Waals surface area contributed by atoms with Crippen LogP contribution in [0.2, 0.25) is 0 Å². The Kier molecular flexibility index (Phi) is 6.42. The van der Waals surface area contributed by atoms with Crippen LogP contribution in [0.5, 0.6) is 5.75 Å². The van der Waals surface area contributed by atoms with E-state index in [1.165, 1.54) is 23.1 Å². The van der Waals surface area contributed by atoms with Crippen LogP contribution in [0.15, 0.2) is 82.9 Å². The molecule has 3 aromatic heterocycles. The van der Waals surface area contributed by atoms with Crippen molar-refractivity contribution in [1.82, 2.24) is 14.5 Å². The summed E-state index contributed by atoms with van der Waals surface area (Å²) in [6.07, 6.45) is 1.71. The maximum Gasteiger partial charge on any atom is 0.272 e. The molecule has 0 N–H and O–H groups in total. The molecule has 0 saturated heterocycles. The van der Waals surface area contributed by atoms with Crippen LogP contribution in [0, 0.1) is 0 Å². The number of carbonyl (C=O) groups is 1. The fraction of sp³-hybridized carbons (Fsp3) is 0.154. The molecular weight excluding hydrogens is 466 g/mol. The zero-order chi connectivity index (χ0) is 23.5. The highest BCUT2D eigenvalue weighted by Crippen LogP contribution is 2.31. The average molecular weight is 488 g/mol. The smallest absolute Gasteiger partial charge is 0.272 e. The standard InChI is InChI=1S/C26H21N3O3S2/c1-2-32-19-12-10-18(11-13-19)21(30)16-33-26-28-22-20-9-6-14-27-24(20)34-23(22)25(31)29(26)15-17-7-4-3-5-8-17/h3-14H,2,15-16H2,1H3. The Morgan fingerprint density at radius 3 is 2.62 bits per heavy atom. The van der Waals surface area contributed by atoms with Gasteiger partial charge in [0.1, 0.15) is 15.3 Å². The monoisotopic (exact) mass is 487 g/mol. The molecule has 0 amide bonds. The lowest BCUT2D eigenvalue weighted by Crippen LogP contribution is -2.23. The Balaban J connectivity index is 1.51. The van der Waals surface area contributed by atoms with E-state index in [4.69, 9.17) is 9.72 Å². The fourth-order valence-corrected chi connectivity index (χ4v) is 5.59. The molecule has 6 nitrogen and oxygen atoms in total. The van der Waals surface area contributed by atoms with Crippen molar-refractivity contribution in [2.24, 2.45) is 0 Å². The minimum Gasteiger partial charge on any atom is -0.494 e. The van der Waals surface area contributed by atoms with Gasteiger partial charge in [-0.05, 0) is 48.9 Å². The summed E-state index contributed by atoms with van der Waals surface area (Å²) in [5, 5.41) is 1.37. The second kappa shape index (κ2) is 9.79. The molecule has 0 aliphatic carbocycles. The molecule has 0 aliphatic rings. The van der Waals surface area contributed by atoms with E-state index >= 15 is 0 Å². The van der Waals surface area contributed by atoms with Gasteiger partial charge in [0.2, 0.25) is 0 Å². The third-order valence-electron chi connectivity index (χ3n) is 5.32. The zero-order valence-corrected chi connectivity index (χ0v) is 20.1. The first-order valence-electron chi connectivity index (χ1n) is 10.8. The van der Waals surface area contributed by atoms with Crippen LogP contribution in [0.4, 0.5) is 0 Å². The van der Waals surface area contributed by atoms with Crippen molar-refractivity contribution < 1.29 is 9.53 Å². The number of hydrogen-bond donors (Lipinski definition) is 0. The van der Waals surface area contributed by atoms with E-state index in [0.29, 0.717) is 34.1 Å². The number of Topliss-reactive ketones (excluding diaryl/α,β-unsaturated/α-hetero) is 1. The number of pyridine rings is 1. The number of rotatable bonds is 8. The Morgan fingerprint density at radius 1 is 1.06 bits per heavy atom. The Bertz CT molecular complexity index is 1530. The predicted molar refractivity (Wildman–Crippen MR) is 137 cm³/mol. The number of thioether (sulfide) groups is 1. The second-order valence-electron chi connectivity index (χ2n) is 7.58. The van der Waals surface area contributed by atoms with E-state index in [1.54, 1.807) is 35.0 Å². The van der Waals surface area contributed by atoms with Crippen molar-refractivity contribution in [3.05, 3.63) is 94.4 Å². The van der Waals surface area contributed by atoms with Gasteiger partial charge >= 0.3 is 0 Å². The summed E-state index contributed by atoms with van der Waals surface area (Å²) in [6.45, 7) is 2.87. The van der Waals surface area contributed by atoms with Gasteiger partial charge in [-0.15, -0.1) is 11.3 Å². The van der Waals surface area contributed by atoms with Gasteiger partial charge in [-0.3, -0.25) is 14.2 Å². The van der Waals surface area contributed by atoms with Crippen LogP contribution < -0.4 is 10.3 Å². The molecule has 0 spiro atoms. The van der Waals surface area contributed by atoms with Gasteiger partial charge in [0, 0.05) is 17.1 Å². The number of carbonyl (C=O) groups excluding carboxylic acids is 1. The number of benzene rings is 2. The maximum absolute atomic E-state index is 13.5. The Morgan fingerprint density at radius 2 is 1.85 bits per heavy atom. The largest absolute Gasteiger partial charge is 0.494 e. The van der Waals surface area contributed by atoms with Gasteiger partial charge < -0.3 is 4.74 Å². The minimum absolute atomic E-state index is 0.0366. The summed E-state index contributed by atoms with van der Waals surface area (Å²) in [5.74, 6) is 0.861. The topological polar surface area (TPSA) is 74.1 Å². The molecule has 2 aromatic carbocycles. The molecule has 34 heavy (non-hydrogen) atoms. The van der Waals surface area contributed by atoms with Crippen molar-refractivity contribution in [2.45, 2.75) is 18.6 Å². The highest BCUT2D eigenvalue weighted by molar-refractivity contribution is 7.99. The van der Waals surface area contributed by atoms with Crippen molar-refractivity contribution in [3.63, 3.8) is 0 Å². The second-order valence-corrected chi connectivity index (χ2v) is 9.52. The van der Waals surface area contributed by atoms with Crippen molar-refractivity contribution in [3.8, 4) is 5.75 Å². The van der Waals surface area contributed by atoms with Gasteiger partial charge in [0.05, 0.1) is 24.4 Å². The van der Waals surface area contributed by atoms with E-state index in [9.17, 15) is 9.59 Å². The van der Waals surface area contributed by atoms with Crippen molar-refractivity contribution in [2.75, 3.05) is 12.4 Å². The van der Waals surface area contributed by atoms with Gasteiger partial charge in [-0.1, -0.05) is 42.1 Å². The van der Waals surface area contributed by atoms with Crippen molar-refractivity contribution in [1.29, 1.82) is 0 Å². The number of ether oxygens (including phenoxy) is 1. The summed E-state index contributed by atoms with van der Waals surface area (Å²) >= 11 is 2.63. The molecule has 0 saturated carbocycles. The number of aromatic nitrogens is 3. The predicted octanol–water partition coefficient (Wildman–Crippen LogP) is 5.43. The summed E-state index contributed by atoms with van der Waals surface area (Å²) in [7, 11) is 0. The van der Waals surface area contributed by atoms with Crippen LogP contribution in [0.3, 0.4) is 0 Å². The summed E-state index contributed by atoms with van der Waals surface area (Å²) in [5.41, 5.74) is 2.11. The highest BCUT2D eigenvalue weighted by atomic mass is 32.2. The number of ketones is 1. The van der Waals surface area contributed by atoms with Gasteiger partial charge in [-0.25, -0.2) is 9.97 Å². The zero-order valence-electron chi connectivity index (χ0n) is 18.4. The lowest BCUT2D eigenvalue weighted by atomic mass is 10.1. The first kappa shape index (κ1) is 22.3. The molecule has 0 aliphatic heterocycles. The van der Waals surface area contributed by atoms with E-state index in [2.05, 4.69) is 4.98 Å². The molecule has 3 heterocycles. The molecule has 5 aromatic rings. The third-order valence-corrected chi connectivity index (χ3v) is 7.39. The minimum atomic E-state index is -0.118. The number of fused-ring (bicyclic) bond motifs is 3. The quantitative estimate of drug-likeness (QED) is 0.165. The van der Waals surface area contributed by atoms with E-state index in [0.717, 1.165) is 21.5 Å². The summed E-state index contributed by atoms with van der Waals surface area (Å²) < 4.78 is 7.69. The molecule has 0 fully saturated rings. The Labute approximate surface area is 204 Å². The molecule has 0 bridgehead atoms. The van der Waals surface area contributed by atoms with E-state index in [-0.39, 0.29) is 17.1 Å². The number of hydrogen-bond acceptors (Lipinski definition) is 7. The molecule has 5 rings (SSSR count). The van der Waals surface area contributed by atoms with Gasteiger partial charge in [-0.2, -0.15) is 0 Å². The van der Waals surface area contributed by atoms with Crippen LogP contribution in [-0.2, 0) is 6.54 Å². The van der Waals surface area contributed by atoms with Gasteiger partial charge in [0.15, 0.2) is 10.9 Å². The molecule has 0 atom stereocenters. The average Bonchev–Trinajstić information content (AvgIpc) is 3.25. The molecule has 0 radical (unpaired) electrons. The van der Waals surface area contributed by atoms with Crippen LogP contribution in [0.25, 0.3) is 20.4 Å². The lowest BCUT2D eigenvalue weighted by molar-refractivity contribution is 0.102. The molecule has 8 heteroatoms. The Hall–Kier alpha value is -3.49. The number of thiophene rings is 1. The van der Waals surface area contributed by atoms with Crippen molar-refractivity contribution >= 4 is 49.3 Å². The van der Waals surface area contributed by atoms with E-state index < -0.39 is 0 Å². The van der Waals surface area contributed by atoms with Crippen LogP contribution in [0.1, 0.15) is 22.8 Å². The van der Waals surface area contributed by atoms with E-state index in [1.807, 2.05) is 49.4 Å². The SMILES string of the molecule is CCOc1ccc(C(=O)CSc2nc3c(sc4ncccc43)c(=O)n2Cc2ccccc2)cc1. The molecule has 170 valence electrons. The first-order valence-corrected chi connectivity index (χ1v) is 12.6. The van der Waals surface area contributed by atoms with Crippen LogP contribution >= 0.6 is 23.1 Å². The number of nitrogens with zero attached hydrogens (tertiary/aromatic N) is 3. The summed E-state index contributed by atoms with van der Waals surface area (Å²) in [6, 6.07) is 20.7. The third kappa shape index (κ3) is 4.47. The lowest BCUT2D eigenvalue weighted by Gasteiger charge is -2.12. The summed E-state index contributed by atoms with van der Waals surface area (Å²) in [4.78, 5) is 36.4. The molecular formula is C26H21N3O3S2.